The summed E-state index contributed by atoms with van der Waals surface area (Å²) in [7, 11) is 0. The van der Waals surface area contributed by atoms with Crippen molar-refractivity contribution in [2.45, 2.75) is 12.2 Å². The van der Waals surface area contributed by atoms with E-state index in [2.05, 4.69) is 26.6 Å². The van der Waals surface area contributed by atoms with Crippen molar-refractivity contribution < 1.29 is 18.0 Å². The molecule has 1 atom stereocenters. The van der Waals surface area contributed by atoms with Crippen LogP contribution in [0.5, 0.6) is 0 Å². The van der Waals surface area contributed by atoms with Crippen LogP contribution in [0.4, 0.5) is 13.2 Å². The highest BCUT2D eigenvalue weighted by molar-refractivity contribution is 9.10. The van der Waals surface area contributed by atoms with Crippen LogP contribution in [0.1, 0.15) is 9.67 Å². The Labute approximate surface area is 145 Å². The van der Waals surface area contributed by atoms with Crippen LogP contribution in [0.25, 0.3) is 0 Å². The molecule has 0 aliphatic carbocycles. The molecule has 126 valence electrons. The predicted molar refractivity (Wildman–Crippen MR) is 85.9 cm³/mol. The molecule has 1 fully saturated rings. The molecule has 0 aromatic carbocycles. The van der Waals surface area contributed by atoms with Gasteiger partial charge in [0.1, 0.15) is 6.04 Å². The fourth-order valence-electron chi connectivity index (χ4n) is 2.15. The van der Waals surface area contributed by atoms with Gasteiger partial charge in [-0.2, -0.15) is 13.2 Å². The minimum atomic E-state index is -4.36. The molecule has 1 aliphatic heterocycles. The molecule has 1 aromatic heterocycles. The third-order valence-corrected chi connectivity index (χ3v) is 4.91. The molecule has 1 aliphatic rings. The molecule has 10 heteroatoms. The summed E-state index contributed by atoms with van der Waals surface area (Å²) in [6, 6.07) is -0.0557. The average Bonchev–Trinajstić information content (AvgIpc) is 2.85. The minimum absolute atomic E-state index is 0. The van der Waals surface area contributed by atoms with E-state index >= 15 is 0 Å². The number of hydrogen-bond donors (Lipinski definition) is 2. The third kappa shape index (κ3) is 5.38. The summed E-state index contributed by atoms with van der Waals surface area (Å²) in [5.41, 5.74) is 0. The highest BCUT2D eigenvalue weighted by Gasteiger charge is 2.43. The second-order valence-electron chi connectivity index (χ2n) is 4.68. The Balaban J connectivity index is 0.00000242. The van der Waals surface area contributed by atoms with E-state index in [1.165, 1.54) is 16.2 Å². The molecule has 0 radical (unpaired) electrons. The zero-order valence-electron chi connectivity index (χ0n) is 11.5. The molecule has 2 rings (SSSR count). The summed E-state index contributed by atoms with van der Waals surface area (Å²) in [5.74, 6) is -0.477. The third-order valence-electron chi connectivity index (χ3n) is 3.22. The molecule has 0 saturated carbocycles. The summed E-state index contributed by atoms with van der Waals surface area (Å²) in [4.78, 5) is 13.6. The smallest absolute Gasteiger partial charge is 0.349 e. The highest BCUT2D eigenvalue weighted by atomic mass is 79.9. The first-order valence-electron chi connectivity index (χ1n) is 6.41. The number of thiophene rings is 1. The first-order chi connectivity index (χ1) is 9.88. The lowest BCUT2D eigenvalue weighted by Gasteiger charge is -2.35. The van der Waals surface area contributed by atoms with Crippen molar-refractivity contribution in [3.05, 3.63) is 20.8 Å². The summed E-state index contributed by atoms with van der Waals surface area (Å²) in [6.07, 6.45) is -4.36. The molecule has 0 spiro atoms. The van der Waals surface area contributed by atoms with Crippen molar-refractivity contribution in [1.82, 2.24) is 15.5 Å². The van der Waals surface area contributed by atoms with E-state index in [9.17, 15) is 18.0 Å². The second kappa shape index (κ2) is 8.49. The zero-order valence-corrected chi connectivity index (χ0v) is 14.7. The Hall–Kier alpha value is -0.350. The summed E-state index contributed by atoms with van der Waals surface area (Å²) in [5, 5.41) is 7.11. The van der Waals surface area contributed by atoms with Crippen LogP contribution < -0.4 is 10.6 Å². The van der Waals surface area contributed by atoms with Crippen molar-refractivity contribution in [2.24, 2.45) is 0 Å². The van der Waals surface area contributed by atoms with E-state index in [1.807, 2.05) is 0 Å². The number of alkyl halides is 3. The first-order valence-corrected chi connectivity index (χ1v) is 8.09. The van der Waals surface area contributed by atoms with Gasteiger partial charge in [-0.25, -0.2) is 0 Å². The summed E-state index contributed by atoms with van der Waals surface area (Å²) >= 11 is 4.40. The maximum Gasteiger partial charge on any atom is 0.405 e. The number of amides is 1. The molecular weight excluding hydrogens is 407 g/mol. The molecule has 22 heavy (non-hydrogen) atoms. The number of nitrogens with one attached hydrogen (secondary N) is 2. The lowest BCUT2D eigenvalue weighted by molar-refractivity contribution is -0.183. The highest BCUT2D eigenvalue weighted by Crippen LogP contribution is 2.25. The number of rotatable bonds is 4. The van der Waals surface area contributed by atoms with Gasteiger partial charge in [0.15, 0.2) is 0 Å². The number of carbonyl (C=O) groups excluding carboxylic acids is 1. The van der Waals surface area contributed by atoms with Gasteiger partial charge in [-0.1, -0.05) is 0 Å². The largest absolute Gasteiger partial charge is 0.405 e. The normalized spacial score (nSPS) is 17.6. The molecule has 2 heterocycles. The standard InChI is InChI=1S/C12H15BrF3N3OS.ClH/c13-8-5-9(21-7-8)11(20)18-6-10(12(14,15)16)19-3-1-17-2-4-19;/h5,7,10,17H,1-4,6H2,(H,18,20);1H. The monoisotopic (exact) mass is 421 g/mol. The van der Waals surface area contributed by atoms with Gasteiger partial charge in [0, 0.05) is 42.6 Å². The van der Waals surface area contributed by atoms with Crippen LogP contribution in [0.15, 0.2) is 15.9 Å². The number of piperazine rings is 1. The van der Waals surface area contributed by atoms with Crippen LogP contribution in [-0.4, -0.2) is 55.7 Å². The predicted octanol–water partition coefficient (Wildman–Crippen LogP) is 2.50. The van der Waals surface area contributed by atoms with Gasteiger partial charge in [-0.3, -0.25) is 9.69 Å². The molecule has 2 N–H and O–H groups in total. The van der Waals surface area contributed by atoms with Gasteiger partial charge in [0.05, 0.1) is 4.88 Å². The van der Waals surface area contributed by atoms with Crippen molar-refractivity contribution in [1.29, 1.82) is 0 Å². The van der Waals surface area contributed by atoms with Crippen molar-refractivity contribution in [3.63, 3.8) is 0 Å². The topological polar surface area (TPSA) is 44.4 Å². The molecule has 1 unspecified atom stereocenters. The SMILES string of the molecule is Cl.O=C(NCC(N1CCNCC1)C(F)(F)F)c1cc(Br)cs1. The summed E-state index contributed by atoms with van der Waals surface area (Å²) in [6.45, 7) is 1.27. The van der Waals surface area contributed by atoms with Gasteiger partial charge < -0.3 is 10.6 Å². The molecule has 0 bridgehead atoms. The van der Waals surface area contributed by atoms with E-state index in [1.54, 1.807) is 11.4 Å². The van der Waals surface area contributed by atoms with E-state index in [4.69, 9.17) is 0 Å². The van der Waals surface area contributed by atoms with E-state index in [-0.39, 0.29) is 12.4 Å². The lowest BCUT2D eigenvalue weighted by atomic mass is 10.2. The van der Waals surface area contributed by atoms with Crippen LogP contribution in [-0.2, 0) is 0 Å². The van der Waals surface area contributed by atoms with Gasteiger partial charge >= 0.3 is 6.18 Å². The average molecular weight is 423 g/mol. The van der Waals surface area contributed by atoms with E-state index in [0.717, 1.165) is 4.47 Å². The lowest BCUT2D eigenvalue weighted by Crippen LogP contribution is -2.57. The minimum Gasteiger partial charge on any atom is -0.349 e. The van der Waals surface area contributed by atoms with Gasteiger partial charge in [0.2, 0.25) is 0 Å². The number of hydrogen-bond acceptors (Lipinski definition) is 4. The number of nitrogens with zero attached hydrogens (tertiary/aromatic N) is 1. The maximum absolute atomic E-state index is 13.1. The van der Waals surface area contributed by atoms with Crippen LogP contribution in [0.2, 0.25) is 0 Å². The van der Waals surface area contributed by atoms with E-state index < -0.39 is 24.7 Å². The second-order valence-corrected chi connectivity index (χ2v) is 6.51. The van der Waals surface area contributed by atoms with Gasteiger partial charge in [-0.05, 0) is 22.0 Å². The molecule has 1 aromatic rings. The Morgan fingerprint density at radius 2 is 2.09 bits per heavy atom. The number of halogens is 5. The quantitative estimate of drug-likeness (QED) is 0.784. The maximum atomic E-state index is 13.1. The number of carbonyl (C=O) groups is 1. The zero-order chi connectivity index (χ0) is 15.5. The molecular formula is C12H16BrClF3N3OS. The van der Waals surface area contributed by atoms with Crippen LogP contribution in [0, 0.1) is 0 Å². The Morgan fingerprint density at radius 3 is 2.59 bits per heavy atom. The van der Waals surface area contributed by atoms with Gasteiger partial charge in [-0.15, -0.1) is 23.7 Å². The molecule has 1 saturated heterocycles. The Kier molecular flexibility index (Phi) is 7.60. The van der Waals surface area contributed by atoms with E-state index in [0.29, 0.717) is 31.1 Å². The Morgan fingerprint density at radius 1 is 1.45 bits per heavy atom. The molecule has 1 amide bonds. The fourth-order valence-corrected chi connectivity index (χ4v) is 3.50. The molecule has 4 nitrogen and oxygen atoms in total. The van der Waals surface area contributed by atoms with Crippen LogP contribution in [0.3, 0.4) is 0 Å². The summed E-state index contributed by atoms with van der Waals surface area (Å²) < 4.78 is 40.2. The van der Waals surface area contributed by atoms with Crippen molar-refractivity contribution in [2.75, 3.05) is 32.7 Å². The van der Waals surface area contributed by atoms with Crippen molar-refractivity contribution in [3.8, 4) is 0 Å². The first kappa shape index (κ1) is 19.7. The Bertz CT molecular complexity index is 494. The van der Waals surface area contributed by atoms with Crippen LogP contribution >= 0.6 is 39.7 Å². The fraction of sp³-hybridized carbons (Fsp3) is 0.583. The van der Waals surface area contributed by atoms with Crippen molar-refractivity contribution >= 4 is 45.6 Å². The van der Waals surface area contributed by atoms with Gasteiger partial charge in [0.25, 0.3) is 5.91 Å².